The summed E-state index contributed by atoms with van der Waals surface area (Å²) >= 11 is 0. The molecule has 5 heteroatoms. The van der Waals surface area contributed by atoms with Gasteiger partial charge in [0.1, 0.15) is 0 Å². The van der Waals surface area contributed by atoms with Gasteiger partial charge < -0.3 is 18.9 Å². The first-order valence-electron chi connectivity index (χ1n) is 7.57. The second-order valence-electron chi connectivity index (χ2n) is 5.80. The van der Waals surface area contributed by atoms with Gasteiger partial charge >= 0.3 is 5.97 Å². The molecule has 0 amide bonds. The average Bonchev–Trinajstić information content (AvgIpc) is 2.86. The second-order valence-corrected chi connectivity index (χ2v) is 5.80. The van der Waals surface area contributed by atoms with Crippen LogP contribution in [0.2, 0.25) is 0 Å². The van der Waals surface area contributed by atoms with Gasteiger partial charge in [0.15, 0.2) is 5.79 Å². The zero-order valence-electron chi connectivity index (χ0n) is 12.8. The van der Waals surface area contributed by atoms with Crippen molar-refractivity contribution in [3.05, 3.63) is 0 Å². The maximum absolute atomic E-state index is 12.2. The Morgan fingerprint density at radius 2 is 1.95 bits per heavy atom. The van der Waals surface area contributed by atoms with Crippen LogP contribution in [-0.2, 0) is 23.7 Å². The molecule has 1 saturated carbocycles. The standard InChI is InChI=1S/C15H26O5/c1-4-12-10-19-15(20-12)8-6-14(7-9-15,11-17-3)13(16)18-5-2/h12H,4-11H2,1-3H3. The van der Waals surface area contributed by atoms with Crippen LogP contribution in [0.1, 0.15) is 46.0 Å². The molecule has 0 N–H and O–H groups in total. The summed E-state index contributed by atoms with van der Waals surface area (Å²) in [5.74, 6) is -0.633. The van der Waals surface area contributed by atoms with Crippen molar-refractivity contribution in [1.29, 1.82) is 0 Å². The molecule has 1 unspecified atom stereocenters. The van der Waals surface area contributed by atoms with Crippen molar-refractivity contribution >= 4 is 5.97 Å². The molecule has 0 aromatic rings. The number of methoxy groups -OCH3 is 1. The topological polar surface area (TPSA) is 54.0 Å². The Morgan fingerprint density at radius 1 is 1.25 bits per heavy atom. The summed E-state index contributed by atoms with van der Waals surface area (Å²) in [6.45, 7) is 5.40. The van der Waals surface area contributed by atoms with Crippen LogP contribution in [0, 0.1) is 5.41 Å². The van der Waals surface area contributed by atoms with Crippen LogP contribution >= 0.6 is 0 Å². The lowest BCUT2D eigenvalue weighted by molar-refractivity contribution is -0.210. The van der Waals surface area contributed by atoms with E-state index >= 15 is 0 Å². The molecule has 1 spiro atoms. The third-order valence-corrected chi connectivity index (χ3v) is 4.47. The molecule has 5 nitrogen and oxygen atoms in total. The van der Waals surface area contributed by atoms with Crippen LogP contribution in [0.5, 0.6) is 0 Å². The fraction of sp³-hybridized carbons (Fsp3) is 0.933. The summed E-state index contributed by atoms with van der Waals surface area (Å²) in [5.41, 5.74) is -0.535. The Kier molecular flexibility index (Phi) is 5.04. The fourth-order valence-electron chi connectivity index (χ4n) is 3.16. The first-order valence-corrected chi connectivity index (χ1v) is 7.57. The summed E-state index contributed by atoms with van der Waals surface area (Å²) in [5, 5.41) is 0. The van der Waals surface area contributed by atoms with Crippen molar-refractivity contribution in [2.75, 3.05) is 26.9 Å². The van der Waals surface area contributed by atoms with Crippen LogP contribution in [0.3, 0.4) is 0 Å². The molecule has 1 heterocycles. The van der Waals surface area contributed by atoms with Crippen LogP contribution in [0.15, 0.2) is 0 Å². The predicted octanol–water partition coefficient (Wildman–Crippen LogP) is 2.28. The summed E-state index contributed by atoms with van der Waals surface area (Å²) in [7, 11) is 1.63. The van der Waals surface area contributed by atoms with Gasteiger partial charge in [-0.3, -0.25) is 4.79 Å². The zero-order chi connectivity index (χ0) is 14.6. The maximum Gasteiger partial charge on any atom is 0.314 e. The molecule has 1 aliphatic heterocycles. The maximum atomic E-state index is 12.2. The lowest BCUT2D eigenvalue weighted by Gasteiger charge is -2.41. The first-order chi connectivity index (χ1) is 9.60. The number of hydrogen-bond acceptors (Lipinski definition) is 5. The zero-order valence-corrected chi connectivity index (χ0v) is 12.8. The smallest absolute Gasteiger partial charge is 0.314 e. The number of carbonyl (C=O) groups is 1. The van der Waals surface area contributed by atoms with Crippen LogP contribution in [0.25, 0.3) is 0 Å². The Bertz CT molecular complexity index is 333. The molecule has 0 bridgehead atoms. The van der Waals surface area contributed by atoms with E-state index in [1.807, 2.05) is 6.92 Å². The molecule has 2 fully saturated rings. The second kappa shape index (κ2) is 6.41. The highest BCUT2D eigenvalue weighted by Crippen LogP contribution is 2.46. The van der Waals surface area contributed by atoms with E-state index in [9.17, 15) is 4.79 Å². The number of rotatable bonds is 5. The number of esters is 1. The van der Waals surface area contributed by atoms with Crippen molar-refractivity contribution in [2.45, 2.75) is 57.8 Å². The molecular formula is C15H26O5. The van der Waals surface area contributed by atoms with E-state index in [1.165, 1.54) is 0 Å². The summed E-state index contributed by atoms with van der Waals surface area (Å²) in [4.78, 5) is 12.2. The molecule has 1 aliphatic carbocycles. The van der Waals surface area contributed by atoms with Crippen molar-refractivity contribution in [3.63, 3.8) is 0 Å². The van der Waals surface area contributed by atoms with Crippen molar-refractivity contribution in [3.8, 4) is 0 Å². The Labute approximate surface area is 120 Å². The van der Waals surface area contributed by atoms with Gasteiger partial charge in [-0.1, -0.05) is 6.92 Å². The van der Waals surface area contributed by atoms with E-state index in [0.29, 0.717) is 32.7 Å². The molecule has 0 aromatic heterocycles. The Morgan fingerprint density at radius 3 is 2.45 bits per heavy atom. The minimum absolute atomic E-state index is 0.151. The third kappa shape index (κ3) is 3.00. The van der Waals surface area contributed by atoms with E-state index in [4.69, 9.17) is 18.9 Å². The molecule has 1 saturated heterocycles. The molecule has 116 valence electrons. The minimum atomic E-state index is -0.535. The number of carbonyl (C=O) groups excluding carboxylic acids is 1. The normalized spacial score (nSPS) is 37.2. The van der Waals surface area contributed by atoms with Gasteiger partial charge in [0.05, 0.1) is 31.3 Å². The summed E-state index contributed by atoms with van der Waals surface area (Å²) in [6.07, 6.45) is 3.99. The van der Waals surface area contributed by atoms with Gasteiger partial charge in [0.2, 0.25) is 0 Å². The Balaban J connectivity index is 2.01. The largest absolute Gasteiger partial charge is 0.465 e. The van der Waals surface area contributed by atoms with Gasteiger partial charge in [0.25, 0.3) is 0 Å². The van der Waals surface area contributed by atoms with Crippen molar-refractivity contribution in [1.82, 2.24) is 0 Å². The summed E-state index contributed by atoms with van der Waals surface area (Å²) in [6, 6.07) is 0. The lowest BCUT2D eigenvalue weighted by Crippen LogP contribution is -2.47. The molecule has 20 heavy (non-hydrogen) atoms. The van der Waals surface area contributed by atoms with Gasteiger partial charge in [-0.25, -0.2) is 0 Å². The van der Waals surface area contributed by atoms with Crippen molar-refractivity contribution < 1.29 is 23.7 Å². The van der Waals surface area contributed by atoms with Crippen molar-refractivity contribution in [2.24, 2.45) is 5.41 Å². The van der Waals surface area contributed by atoms with Crippen LogP contribution < -0.4 is 0 Å². The molecule has 0 radical (unpaired) electrons. The van der Waals surface area contributed by atoms with E-state index in [2.05, 4.69) is 6.92 Å². The molecular weight excluding hydrogens is 260 g/mol. The molecule has 2 rings (SSSR count). The fourth-order valence-corrected chi connectivity index (χ4v) is 3.16. The lowest BCUT2D eigenvalue weighted by atomic mass is 9.72. The third-order valence-electron chi connectivity index (χ3n) is 4.47. The molecule has 0 aromatic carbocycles. The highest BCUT2D eigenvalue weighted by molar-refractivity contribution is 5.77. The van der Waals surface area contributed by atoms with E-state index in [0.717, 1.165) is 19.3 Å². The quantitative estimate of drug-likeness (QED) is 0.726. The van der Waals surface area contributed by atoms with Gasteiger partial charge in [-0.05, 0) is 26.2 Å². The SMILES string of the molecule is CCOC(=O)C1(COC)CCC2(CC1)OCC(CC)O2. The van der Waals surface area contributed by atoms with E-state index in [-0.39, 0.29) is 12.1 Å². The Hall–Kier alpha value is -0.650. The average molecular weight is 286 g/mol. The van der Waals surface area contributed by atoms with Gasteiger partial charge in [0, 0.05) is 20.0 Å². The van der Waals surface area contributed by atoms with E-state index in [1.54, 1.807) is 7.11 Å². The minimum Gasteiger partial charge on any atom is -0.465 e. The van der Waals surface area contributed by atoms with Gasteiger partial charge in [-0.15, -0.1) is 0 Å². The highest BCUT2D eigenvalue weighted by Gasteiger charge is 2.52. The number of ether oxygens (including phenoxy) is 4. The molecule has 2 aliphatic rings. The first kappa shape index (κ1) is 15.7. The molecule has 1 atom stereocenters. The van der Waals surface area contributed by atoms with Crippen LogP contribution in [0.4, 0.5) is 0 Å². The van der Waals surface area contributed by atoms with Gasteiger partial charge in [-0.2, -0.15) is 0 Å². The summed E-state index contributed by atoms with van der Waals surface area (Å²) < 4.78 is 22.4. The predicted molar refractivity (Wildman–Crippen MR) is 73.3 cm³/mol. The monoisotopic (exact) mass is 286 g/mol. The number of hydrogen-bond donors (Lipinski definition) is 0. The highest BCUT2D eigenvalue weighted by atomic mass is 16.7. The van der Waals surface area contributed by atoms with E-state index < -0.39 is 11.2 Å². The van der Waals surface area contributed by atoms with Crippen LogP contribution in [-0.4, -0.2) is 44.8 Å².